The van der Waals surface area contributed by atoms with Crippen molar-refractivity contribution in [1.29, 1.82) is 0 Å². The van der Waals surface area contributed by atoms with E-state index in [4.69, 9.17) is 4.74 Å². The van der Waals surface area contributed by atoms with Crippen molar-refractivity contribution >= 4 is 5.91 Å². The number of aryl methyl sites for hydroxylation is 1. The van der Waals surface area contributed by atoms with E-state index < -0.39 is 6.10 Å². The molecule has 0 unspecified atom stereocenters. The van der Waals surface area contributed by atoms with Gasteiger partial charge in [0.05, 0.1) is 0 Å². The first kappa shape index (κ1) is 16.5. The molecule has 1 aliphatic heterocycles. The van der Waals surface area contributed by atoms with Gasteiger partial charge in [-0.25, -0.2) is 0 Å². The number of likely N-dealkylation sites (tertiary alicyclic amines) is 1. The molecule has 0 aromatic heterocycles. The summed E-state index contributed by atoms with van der Waals surface area (Å²) < 4.78 is 6.06. The Bertz CT molecular complexity index is 678. The van der Waals surface area contributed by atoms with Gasteiger partial charge in [0.2, 0.25) is 0 Å². The molecule has 1 heterocycles. The van der Waals surface area contributed by atoms with Crippen LogP contribution in [0.3, 0.4) is 0 Å². The predicted molar refractivity (Wildman–Crippen MR) is 92.8 cm³/mol. The van der Waals surface area contributed by atoms with Crippen LogP contribution in [-0.4, -0.2) is 35.1 Å². The van der Waals surface area contributed by atoms with E-state index in [2.05, 4.69) is 0 Å². The number of aliphatic hydroxyl groups is 1. The quantitative estimate of drug-likeness (QED) is 0.940. The Morgan fingerprint density at radius 1 is 1.08 bits per heavy atom. The van der Waals surface area contributed by atoms with Crippen molar-refractivity contribution in [3.05, 3.63) is 65.7 Å². The topological polar surface area (TPSA) is 49.8 Å². The molecule has 0 radical (unpaired) electrons. The molecule has 1 saturated heterocycles. The zero-order chi connectivity index (χ0) is 16.9. The summed E-state index contributed by atoms with van der Waals surface area (Å²) >= 11 is 0. The fourth-order valence-corrected chi connectivity index (χ4v) is 3.01. The van der Waals surface area contributed by atoms with Crippen LogP contribution in [-0.2, 0) is 4.79 Å². The molecule has 3 rings (SSSR count). The van der Waals surface area contributed by atoms with Crippen LogP contribution in [0.15, 0.2) is 54.6 Å². The highest BCUT2D eigenvalue weighted by molar-refractivity contribution is 5.82. The number of benzene rings is 2. The highest BCUT2D eigenvalue weighted by Gasteiger charge is 2.28. The number of carbonyl (C=O) groups is 1. The van der Waals surface area contributed by atoms with Crippen molar-refractivity contribution in [3.8, 4) is 5.75 Å². The van der Waals surface area contributed by atoms with Gasteiger partial charge in [-0.15, -0.1) is 0 Å². The Morgan fingerprint density at radius 3 is 2.38 bits per heavy atom. The average Bonchev–Trinajstić information content (AvgIpc) is 2.64. The molecular formula is C20H23NO3. The Balaban J connectivity index is 1.55. The maximum absolute atomic E-state index is 12.5. The highest BCUT2D eigenvalue weighted by Crippen LogP contribution is 2.24. The fraction of sp³-hybridized carbons (Fsp3) is 0.350. The molecule has 2 aromatic carbocycles. The second-order valence-corrected chi connectivity index (χ2v) is 6.22. The molecule has 1 fully saturated rings. The summed E-state index contributed by atoms with van der Waals surface area (Å²) in [5.74, 6) is 0.683. The minimum atomic E-state index is -1.08. The number of carbonyl (C=O) groups excluding carboxylic acids is 1. The molecule has 0 bridgehead atoms. The number of piperidine rings is 1. The maximum atomic E-state index is 12.5. The number of hydrogen-bond donors (Lipinski definition) is 1. The standard InChI is InChI=1S/C20H23NO3/c1-15-7-5-6-10-18(15)24-17-11-13-21(14-12-17)20(23)19(22)16-8-3-2-4-9-16/h2-10,17,19,22H,11-14H2,1H3/t19-/m1/s1. The second kappa shape index (κ2) is 7.49. The molecule has 0 aliphatic carbocycles. The third-order valence-electron chi connectivity index (χ3n) is 4.49. The molecule has 1 amide bonds. The summed E-state index contributed by atoms with van der Waals surface area (Å²) in [5, 5.41) is 10.3. The predicted octanol–water partition coefficient (Wildman–Crippen LogP) is 3.10. The third-order valence-corrected chi connectivity index (χ3v) is 4.49. The first-order valence-corrected chi connectivity index (χ1v) is 8.39. The normalized spacial score (nSPS) is 16.7. The first-order valence-electron chi connectivity index (χ1n) is 8.39. The molecule has 0 saturated carbocycles. The van der Waals surface area contributed by atoms with E-state index >= 15 is 0 Å². The summed E-state index contributed by atoms with van der Waals surface area (Å²) in [6.45, 7) is 3.25. The molecule has 4 nitrogen and oxygen atoms in total. The lowest BCUT2D eigenvalue weighted by Crippen LogP contribution is -2.43. The fourth-order valence-electron chi connectivity index (χ4n) is 3.01. The van der Waals surface area contributed by atoms with Crippen LogP contribution in [0.1, 0.15) is 30.1 Å². The van der Waals surface area contributed by atoms with Gasteiger partial charge < -0.3 is 14.7 Å². The van der Waals surface area contributed by atoms with Crippen LogP contribution in [0, 0.1) is 6.92 Å². The SMILES string of the molecule is Cc1ccccc1OC1CCN(C(=O)[C@H](O)c2ccccc2)CC1. The zero-order valence-electron chi connectivity index (χ0n) is 13.9. The highest BCUT2D eigenvalue weighted by atomic mass is 16.5. The van der Waals surface area contributed by atoms with Crippen LogP contribution < -0.4 is 4.74 Å². The van der Waals surface area contributed by atoms with Gasteiger partial charge in [0.25, 0.3) is 5.91 Å². The zero-order valence-corrected chi connectivity index (χ0v) is 13.9. The summed E-state index contributed by atoms with van der Waals surface area (Å²) in [6.07, 6.45) is 0.590. The minimum Gasteiger partial charge on any atom is -0.490 e. The first-order chi connectivity index (χ1) is 11.6. The number of aliphatic hydroxyl groups excluding tert-OH is 1. The van der Waals surface area contributed by atoms with E-state index in [1.807, 2.05) is 49.4 Å². The molecule has 1 N–H and O–H groups in total. The molecule has 0 spiro atoms. The largest absolute Gasteiger partial charge is 0.490 e. The Hall–Kier alpha value is -2.33. The lowest BCUT2D eigenvalue weighted by molar-refractivity contribution is -0.142. The van der Waals surface area contributed by atoms with E-state index in [0.29, 0.717) is 18.7 Å². The van der Waals surface area contributed by atoms with Crippen molar-refractivity contribution in [1.82, 2.24) is 4.90 Å². The third kappa shape index (κ3) is 3.77. The van der Waals surface area contributed by atoms with E-state index in [-0.39, 0.29) is 12.0 Å². The number of rotatable bonds is 4. The molecule has 4 heteroatoms. The Labute approximate surface area is 142 Å². The molecule has 1 aliphatic rings. The van der Waals surface area contributed by atoms with Crippen LogP contribution in [0.4, 0.5) is 0 Å². The van der Waals surface area contributed by atoms with Crippen LogP contribution in [0.5, 0.6) is 5.75 Å². The monoisotopic (exact) mass is 325 g/mol. The smallest absolute Gasteiger partial charge is 0.256 e. The van der Waals surface area contributed by atoms with Gasteiger partial charge in [0.1, 0.15) is 11.9 Å². The number of hydrogen-bond acceptors (Lipinski definition) is 3. The molecular weight excluding hydrogens is 302 g/mol. The van der Waals surface area contributed by atoms with Gasteiger partial charge >= 0.3 is 0 Å². The van der Waals surface area contributed by atoms with E-state index in [1.54, 1.807) is 17.0 Å². The van der Waals surface area contributed by atoms with Crippen molar-refractivity contribution in [2.24, 2.45) is 0 Å². The van der Waals surface area contributed by atoms with Crippen molar-refractivity contribution < 1.29 is 14.6 Å². The van der Waals surface area contributed by atoms with Gasteiger partial charge in [-0.2, -0.15) is 0 Å². The van der Waals surface area contributed by atoms with E-state index in [1.165, 1.54) is 0 Å². The van der Waals surface area contributed by atoms with E-state index in [0.717, 1.165) is 24.2 Å². The second-order valence-electron chi connectivity index (χ2n) is 6.22. The summed E-state index contributed by atoms with van der Waals surface area (Å²) in [5.41, 5.74) is 1.76. The van der Waals surface area contributed by atoms with Crippen molar-refractivity contribution in [2.75, 3.05) is 13.1 Å². The van der Waals surface area contributed by atoms with Gasteiger partial charge in [-0.1, -0.05) is 48.5 Å². The maximum Gasteiger partial charge on any atom is 0.256 e. The molecule has 126 valence electrons. The molecule has 24 heavy (non-hydrogen) atoms. The molecule has 2 aromatic rings. The van der Waals surface area contributed by atoms with Crippen LogP contribution >= 0.6 is 0 Å². The lowest BCUT2D eigenvalue weighted by Gasteiger charge is -2.33. The Kier molecular flexibility index (Phi) is 5.16. The van der Waals surface area contributed by atoms with Gasteiger partial charge in [0, 0.05) is 25.9 Å². The van der Waals surface area contributed by atoms with Crippen molar-refractivity contribution in [3.63, 3.8) is 0 Å². The van der Waals surface area contributed by atoms with Gasteiger partial charge in [-0.3, -0.25) is 4.79 Å². The number of amides is 1. The number of ether oxygens (including phenoxy) is 1. The van der Waals surface area contributed by atoms with Crippen LogP contribution in [0.2, 0.25) is 0 Å². The lowest BCUT2D eigenvalue weighted by atomic mass is 10.0. The summed E-state index contributed by atoms with van der Waals surface area (Å²) in [6, 6.07) is 17.0. The molecule has 1 atom stereocenters. The summed E-state index contributed by atoms with van der Waals surface area (Å²) in [4.78, 5) is 14.2. The number of para-hydroxylation sites is 1. The Morgan fingerprint density at radius 2 is 1.71 bits per heavy atom. The van der Waals surface area contributed by atoms with Crippen molar-refractivity contribution in [2.45, 2.75) is 32.0 Å². The van der Waals surface area contributed by atoms with Gasteiger partial charge in [0.15, 0.2) is 6.10 Å². The van der Waals surface area contributed by atoms with E-state index in [9.17, 15) is 9.90 Å². The average molecular weight is 325 g/mol. The number of nitrogens with zero attached hydrogens (tertiary/aromatic N) is 1. The minimum absolute atomic E-state index is 0.115. The van der Waals surface area contributed by atoms with Crippen LogP contribution in [0.25, 0.3) is 0 Å². The summed E-state index contributed by atoms with van der Waals surface area (Å²) in [7, 11) is 0. The van der Waals surface area contributed by atoms with Gasteiger partial charge in [-0.05, 0) is 24.1 Å².